The van der Waals surface area contributed by atoms with Gasteiger partial charge in [-0.1, -0.05) is 11.6 Å². The molecule has 1 aliphatic rings. The molecule has 0 saturated carbocycles. The Labute approximate surface area is 136 Å². The highest BCUT2D eigenvalue weighted by atomic mass is 79.9. The Hall–Kier alpha value is -1.11. The van der Waals surface area contributed by atoms with Gasteiger partial charge in [0, 0.05) is 10.5 Å². The van der Waals surface area contributed by atoms with Crippen molar-refractivity contribution in [3.8, 4) is 5.75 Å². The molecule has 0 amide bonds. The first-order chi connectivity index (χ1) is 10.1. The molecule has 7 heteroatoms. The summed E-state index contributed by atoms with van der Waals surface area (Å²) in [5.74, 6) is 1.51. The molecule has 1 aromatic heterocycles. The van der Waals surface area contributed by atoms with E-state index in [9.17, 15) is 0 Å². The van der Waals surface area contributed by atoms with Gasteiger partial charge in [-0.25, -0.2) is 9.97 Å². The van der Waals surface area contributed by atoms with E-state index in [0.29, 0.717) is 30.1 Å². The van der Waals surface area contributed by atoms with E-state index in [-0.39, 0.29) is 0 Å². The highest BCUT2D eigenvalue weighted by molar-refractivity contribution is 9.10. The minimum atomic E-state index is 0.402. The number of rotatable bonds is 3. The second kappa shape index (κ2) is 5.94. The van der Waals surface area contributed by atoms with Crippen molar-refractivity contribution in [3.63, 3.8) is 0 Å². The first-order valence-corrected chi connectivity index (χ1v) is 7.99. The third kappa shape index (κ3) is 2.80. The maximum absolute atomic E-state index is 6.36. The highest BCUT2D eigenvalue weighted by Gasteiger charge is 2.23. The Morgan fingerprint density at radius 1 is 1.48 bits per heavy atom. The summed E-state index contributed by atoms with van der Waals surface area (Å²) in [6.45, 7) is 6.24. The molecule has 2 heterocycles. The normalized spacial score (nSPS) is 14.4. The fraction of sp³-hybridized carbons (Fsp3) is 0.429. The summed E-state index contributed by atoms with van der Waals surface area (Å²) in [6.07, 6.45) is 1.58. The Morgan fingerprint density at radius 2 is 2.29 bits per heavy atom. The summed E-state index contributed by atoms with van der Waals surface area (Å²) >= 11 is 9.81. The van der Waals surface area contributed by atoms with Gasteiger partial charge in [0.05, 0.1) is 29.1 Å². The molecule has 0 bridgehead atoms. The van der Waals surface area contributed by atoms with E-state index in [1.54, 1.807) is 6.33 Å². The maximum Gasteiger partial charge on any atom is 0.152 e. The number of nitrogens with zero attached hydrogens (tertiary/aromatic N) is 3. The van der Waals surface area contributed by atoms with Gasteiger partial charge in [0.2, 0.25) is 0 Å². The first kappa shape index (κ1) is 14.8. The predicted molar refractivity (Wildman–Crippen MR) is 88.2 cm³/mol. The predicted octanol–water partition coefficient (Wildman–Crippen LogP) is 3.20. The number of anilines is 1. The number of halogens is 2. The molecule has 0 fully saturated rings. The van der Waals surface area contributed by atoms with Crippen LogP contribution in [0.15, 0.2) is 16.9 Å². The average molecular weight is 372 g/mol. The van der Waals surface area contributed by atoms with Gasteiger partial charge < -0.3 is 9.64 Å². The zero-order valence-electron chi connectivity index (χ0n) is 11.9. The van der Waals surface area contributed by atoms with Gasteiger partial charge in [0.1, 0.15) is 18.8 Å². The maximum atomic E-state index is 6.36. The smallest absolute Gasteiger partial charge is 0.152 e. The molecule has 3 rings (SSSR count). The molecule has 0 unspecified atom stereocenters. The molecule has 1 aromatic carbocycles. The zero-order chi connectivity index (χ0) is 15.0. The number of ether oxygens (including phenoxy) is 1. The molecule has 1 aliphatic heterocycles. The Kier molecular flexibility index (Phi) is 4.19. The molecule has 0 saturated heterocycles. The number of nitrogens with one attached hydrogen (secondary N) is 1. The first-order valence-electron chi connectivity index (χ1n) is 6.81. The van der Waals surface area contributed by atoms with Crippen LogP contribution >= 0.6 is 27.5 Å². The summed E-state index contributed by atoms with van der Waals surface area (Å²) in [7, 11) is 0. The quantitative estimate of drug-likeness (QED) is 0.898. The van der Waals surface area contributed by atoms with Crippen LogP contribution in [0.5, 0.6) is 5.75 Å². The van der Waals surface area contributed by atoms with Crippen molar-refractivity contribution in [2.45, 2.75) is 19.9 Å². The van der Waals surface area contributed by atoms with Crippen LogP contribution in [0.2, 0.25) is 5.02 Å². The van der Waals surface area contributed by atoms with Crippen LogP contribution < -0.4 is 15.0 Å². The summed E-state index contributed by atoms with van der Waals surface area (Å²) in [5.41, 5.74) is 0.822. The van der Waals surface area contributed by atoms with Crippen molar-refractivity contribution in [1.29, 1.82) is 0 Å². The van der Waals surface area contributed by atoms with Crippen molar-refractivity contribution < 1.29 is 4.74 Å². The molecule has 1 N–H and O–H groups in total. The average Bonchev–Trinajstić information content (AvgIpc) is 2.63. The summed E-state index contributed by atoms with van der Waals surface area (Å²) < 4.78 is 6.64. The molecule has 0 spiro atoms. The fourth-order valence-electron chi connectivity index (χ4n) is 2.30. The summed E-state index contributed by atoms with van der Waals surface area (Å²) in [6, 6.07) is 2.30. The van der Waals surface area contributed by atoms with Crippen LogP contribution in [-0.4, -0.2) is 35.8 Å². The third-order valence-corrected chi connectivity index (χ3v) is 4.58. The van der Waals surface area contributed by atoms with Crippen molar-refractivity contribution in [3.05, 3.63) is 21.9 Å². The molecule has 21 heavy (non-hydrogen) atoms. The number of hydrogen-bond acceptors (Lipinski definition) is 5. The number of hydrogen-bond donors (Lipinski definition) is 1. The van der Waals surface area contributed by atoms with Crippen molar-refractivity contribution in [1.82, 2.24) is 15.3 Å². The third-order valence-electron chi connectivity index (χ3n) is 3.35. The molecule has 0 aliphatic carbocycles. The lowest BCUT2D eigenvalue weighted by Crippen LogP contribution is -2.39. The minimum Gasteiger partial charge on any atom is -0.489 e. The number of benzene rings is 1. The second-order valence-electron chi connectivity index (χ2n) is 5.22. The van der Waals surface area contributed by atoms with Gasteiger partial charge in [-0.2, -0.15) is 0 Å². The lowest BCUT2D eigenvalue weighted by Gasteiger charge is -2.23. The van der Waals surface area contributed by atoms with E-state index in [4.69, 9.17) is 16.3 Å². The molecule has 112 valence electrons. The molecule has 2 aromatic rings. The second-order valence-corrected chi connectivity index (χ2v) is 6.45. The lowest BCUT2D eigenvalue weighted by atomic mass is 10.2. The molecule has 0 atom stereocenters. The SMILES string of the molecule is CC(C)NCN1CCOc2c(Cl)c(Br)cc3ncnc1c23. The van der Waals surface area contributed by atoms with Crippen LogP contribution in [0.3, 0.4) is 0 Å². The molecule has 0 radical (unpaired) electrons. The lowest BCUT2D eigenvalue weighted by molar-refractivity contribution is 0.329. The fourth-order valence-corrected chi connectivity index (χ4v) is 2.90. The van der Waals surface area contributed by atoms with Crippen LogP contribution in [0.4, 0.5) is 5.82 Å². The van der Waals surface area contributed by atoms with E-state index in [1.807, 2.05) is 6.07 Å². The van der Waals surface area contributed by atoms with Crippen molar-refractivity contribution >= 4 is 44.3 Å². The van der Waals surface area contributed by atoms with Gasteiger partial charge >= 0.3 is 0 Å². The van der Waals surface area contributed by atoms with Crippen molar-refractivity contribution in [2.24, 2.45) is 0 Å². The standard InChI is InChI=1S/C14H16BrClN4O/c1-8(2)19-7-20-3-4-21-13-11-10(5-9(15)12(13)16)17-6-18-14(11)20/h5-6,8,19H,3-4,7H2,1-2H3. The molecular formula is C14H16BrClN4O. The van der Waals surface area contributed by atoms with Crippen LogP contribution in [0, 0.1) is 0 Å². The Balaban J connectivity index is 2.14. The Morgan fingerprint density at radius 3 is 3.05 bits per heavy atom. The minimum absolute atomic E-state index is 0.402. The van der Waals surface area contributed by atoms with E-state index < -0.39 is 0 Å². The van der Waals surface area contributed by atoms with Crippen LogP contribution in [-0.2, 0) is 0 Å². The highest BCUT2D eigenvalue weighted by Crippen LogP contribution is 2.43. The van der Waals surface area contributed by atoms with Gasteiger partial charge in [-0.15, -0.1) is 0 Å². The van der Waals surface area contributed by atoms with E-state index in [2.05, 4.69) is 50.0 Å². The van der Waals surface area contributed by atoms with Crippen LogP contribution in [0.25, 0.3) is 10.9 Å². The number of aromatic nitrogens is 2. The summed E-state index contributed by atoms with van der Waals surface area (Å²) in [5, 5.41) is 4.85. The van der Waals surface area contributed by atoms with Crippen LogP contribution in [0.1, 0.15) is 13.8 Å². The zero-order valence-corrected chi connectivity index (χ0v) is 14.2. The van der Waals surface area contributed by atoms with Crippen molar-refractivity contribution in [2.75, 3.05) is 24.7 Å². The van der Waals surface area contributed by atoms with Gasteiger partial charge in [-0.05, 0) is 35.8 Å². The van der Waals surface area contributed by atoms with Gasteiger partial charge in [0.15, 0.2) is 5.75 Å². The Bertz CT molecular complexity index is 680. The van der Waals surface area contributed by atoms with E-state index in [0.717, 1.165) is 27.7 Å². The van der Waals surface area contributed by atoms with E-state index in [1.165, 1.54) is 0 Å². The van der Waals surface area contributed by atoms with Gasteiger partial charge in [-0.3, -0.25) is 5.32 Å². The summed E-state index contributed by atoms with van der Waals surface area (Å²) in [4.78, 5) is 10.9. The molecule has 5 nitrogen and oxygen atoms in total. The largest absolute Gasteiger partial charge is 0.489 e. The topological polar surface area (TPSA) is 50.3 Å². The monoisotopic (exact) mass is 370 g/mol. The molecular weight excluding hydrogens is 356 g/mol. The van der Waals surface area contributed by atoms with E-state index >= 15 is 0 Å². The van der Waals surface area contributed by atoms with Gasteiger partial charge in [0.25, 0.3) is 0 Å².